The number of fused-ring (bicyclic) bond motifs is 1. The molecule has 0 fully saturated rings. The molecule has 2 heterocycles. The second-order valence-electron chi connectivity index (χ2n) is 6.28. The summed E-state index contributed by atoms with van der Waals surface area (Å²) in [6.45, 7) is 2.31. The molecule has 28 heavy (non-hydrogen) atoms. The molecule has 0 aliphatic rings. The molecule has 0 saturated heterocycles. The number of aryl methyl sites for hydroxylation is 1. The Morgan fingerprint density at radius 1 is 1.18 bits per heavy atom. The molecule has 2 aromatic heterocycles. The van der Waals surface area contributed by atoms with Crippen LogP contribution in [-0.2, 0) is 6.54 Å². The average molecular weight is 432 g/mol. The molecule has 0 atom stereocenters. The smallest absolute Gasteiger partial charge is 0.265 e. The first-order valence-corrected chi connectivity index (χ1v) is 10.00. The Kier molecular flexibility index (Phi) is 5.02. The molecule has 2 N–H and O–H groups in total. The number of phenolic OH excluding ortho intramolecular Hbond substituents is 1. The van der Waals surface area contributed by atoms with E-state index in [-0.39, 0.29) is 11.7 Å². The second-order valence-corrected chi connectivity index (χ2v) is 8.12. The fourth-order valence-corrected chi connectivity index (χ4v) is 4.51. The highest BCUT2D eigenvalue weighted by Crippen LogP contribution is 2.32. The lowest BCUT2D eigenvalue weighted by Crippen LogP contribution is -2.10. The van der Waals surface area contributed by atoms with Crippen LogP contribution >= 0.6 is 34.5 Å². The Bertz CT molecular complexity index is 1180. The normalized spacial score (nSPS) is 11.1. The third-order valence-electron chi connectivity index (χ3n) is 4.30. The van der Waals surface area contributed by atoms with Gasteiger partial charge in [-0.25, -0.2) is 4.68 Å². The van der Waals surface area contributed by atoms with E-state index in [1.165, 1.54) is 17.4 Å². The molecule has 0 aliphatic carbocycles. The number of amides is 1. The van der Waals surface area contributed by atoms with Gasteiger partial charge >= 0.3 is 0 Å². The number of phenols is 1. The monoisotopic (exact) mass is 431 g/mol. The number of aromatic hydroxyl groups is 1. The number of benzene rings is 2. The summed E-state index contributed by atoms with van der Waals surface area (Å²) in [5, 5.41) is 19.0. The number of carbonyl (C=O) groups is 1. The molecular formula is C20H15Cl2N3O2S. The van der Waals surface area contributed by atoms with Crippen LogP contribution in [0.1, 0.15) is 20.9 Å². The Labute approximate surface area is 175 Å². The van der Waals surface area contributed by atoms with Gasteiger partial charge in [-0.1, -0.05) is 35.3 Å². The zero-order valence-corrected chi connectivity index (χ0v) is 17.1. The molecule has 0 spiro atoms. The van der Waals surface area contributed by atoms with Gasteiger partial charge in [0.25, 0.3) is 5.91 Å². The highest BCUT2D eigenvalue weighted by Gasteiger charge is 2.18. The van der Waals surface area contributed by atoms with Crippen LogP contribution in [0, 0.1) is 6.92 Å². The molecule has 2 aromatic carbocycles. The van der Waals surface area contributed by atoms with E-state index in [2.05, 4.69) is 10.4 Å². The van der Waals surface area contributed by atoms with Crippen molar-refractivity contribution in [2.75, 3.05) is 5.32 Å². The first kappa shape index (κ1) is 18.8. The summed E-state index contributed by atoms with van der Waals surface area (Å²) >= 11 is 13.9. The van der Waals surface area contributed by atoms with E-state index in [4.69, 9.17) is 23.2 Å². The predicted octanol–water partition coefficient (Wildman–Crippen LogP) is 5.72. The van der Waals surface area contributed by atoms with Gasteiger partial charge in [0.15, 0.2) is 0 Å². The van der Waals surface area contributed by atoms with Crippen molar-refractivity contribution in [2.45, 2.75) is 13.5 Å². The van der Waals surface area contributed by atoms with Gasteiger partial charge in [0, 0.05) is 32.7 Å². The first-order valence-electron chi connectivity index (χ1n) is 8.42. The van der Waals surface area contributed by atoms with Crippen molar-refractivity contribution in [3.8, 4) is 5.75 Å². The number of halogens is 2. The summed E-state index contributed by atoms with van der Waals surface area (Å²) in [6, 6.07) is 13.6. The summed E-state index contributed by atoms with van der Waals surface area (Å²) in [6.07, 6.45) is 0. The van der Waals surface area contributed by atoms with Gasteiger partial charge in [-0.3, -0.25) is 4.79 Å². The number of aromatic nitrogens is 2. The van der Waals surface area contributed by atoms with E-state index in [1.54, 1.807) is 36.4 Å². The van der Waals surface area contributed by atoms with Gasteiger partial charge < -0.3 is 10.4 Å². The fourth-order valence-electron chi connectivity index (χ4n) is 2.94. The van der Waals surface area contributed by atoms with Gasteiger partial charge in [-0.05, 0) is 37.3 Å². The first-order chi connectivity index (χ1) is 13.4. The molecule has 142 valence electrons. The van der Waals surface area contributed by atoms with E-state index in [9.17, 15) is 9.90 Å². The van der Waals surface area contributed by atoms with Gasteiger partial charge in [-0.15, -0.1) is 11.3 Å². The van der Waals surface area contributed by atoms with Gasteiger partial charge in [-0.2, -0.15) is 5.10 Å². The molecule has 0 aliphatic heterocycles. The van der Waals surface area contributed by atoms with Crippen LogP contribution in [0.15, 0.2) is 48.5 Å². The average Bonchev–Trinajstić information content (AvgIpc) is 3.20. The van der Waals surface area contributed by atoms with Crippen LogP contribution in [0.5, 0.6) is 5.75 Å². The Morgan fingerprint density at radius 3 is 2.61 bits per heavy atom. The lowest BCUT2D eigenvalue weighted by atomic mass is 10.2. The maximum Gasteiger partial charge on any atom is 0.265 e. The zero-order valence-electron chi connectivity index (χ0n) is 14.7. The molecule has 0 bridgehead atoms. The molecule has 0 unspecified atom stereocenters. The fraction of sp³-hybridized carbons (Fsp3) is 0.100. The van der Waals surface area contributed by atoms with Crippen molar-refractivity contribution in [2.24, 2.45) is 0 Å². The molecule has 5 nitrogen and oxygen atoms in total. The van der Waals surface area contributed by atoms with Crippen molar-refractivity contribution in [1.29, 1.82) is 0 Å². The lowest BCUT2D eigenvalue weighted by molar-refractivity contribution is 0.103. The van der Waals surface area contributed by atoms with Crippen molar-refractivity contribution in [3.63, 3.8) is 0 Å². The highest BCUT2D eigenvalue weighted by molar-refractivity contribution is 7.20. The Balaban J connectivity index is 1.66. The van der Waals surface area contributed by atoms with E-state index < -0.39 is 0 Å². The summed E-state index contributed by atoms with van der Waals surface area (Å²) < 4.78 is 1.81. The summed E-state index contributed by atoms with van der Waals surface area (Å²) in [7, 11) is 0. The van der Waals surface area contributed by atoms with Crippen molar-refractivity contribution in [3.05, 3.63) is 74.7 Å². The molecule has 0 saturated carbocycles. The molecule has 4 aromatic rings. The van der Waals surface area contributed by atoms with Crippen molar-refractivity contribution in [1.82, 2.24) is 9.78 Å². The topological polar surface area (TPSA) is 67.2 Å². The second kappa shape index (κ2) is 7.47. The number of hydrogen-bond donors (Lipinski definition) is 2. The Hall–Kier alpha value is -2.54. The van der Waals surface area contributed by atoms with Crippen LogP contribution in [0.2, 0.25) is 10.0 Å². The van der Waals surface area contributed by atoms with Crippen LogP contribution in [0.25, 0.3) is 10.2 Å². The molecular weight excluding hydrogens is 417 g/mol. The van der Waals surface area contributed by atoms with Crippen LogP contribution in [-0.4, -0.2) is 20.8 Å². The number of hydrogen-bond acceptors (Lipinski definition) is 4. The number of anilines is 1. The van der Waals surface area contributed by atoms with E-state index >= 15 is 0 Å². The number of nitrogens with zero attached hydrogens (tertiary/aromatic N) is 2. The van der Waals surface area contributed by atoms with Gasteiger partial charge in [0.2, 0.25) is 0 Å². The van der Waals surface area contributed by atoms with Crippen LogP contribution < -0.4 is 5.32 Å². The van der Waals surface area contributed by atoms with E-state index in [1.807, 2.05) is 17.7 Å². The largest absolute Gasteiger partial charge is 0.508 e. The molecule has 4 rings (SSSR count). The highest BCUT2D eigenvalue weighted by atomic mass is 35.5. The number of nitrogens with one attached hydrogen (secondary N) is 1. The third-order valence-corrected chi connectivity index (χ3v) is 6.16. The minimum Gasteiger partial charge on any atom is -0.508 e. The minimum absolute atomic E-state index is 0.0947. The predicted molar refractivity (Wildman–Crippen MR) is 114 cm³/mol. The summed E-state index contributed by atoms with van der Waals surface area (Å²) in [5.74, 6) is -0.147. The standard InChI is InChI=1S/C20H15Cl2N3O2S/c1-11-14-9-18(19(27)23-12-4-2-5-13(26)8-12)28-20(14)25(24-11)10-15-16(21)6-3-7-17(15)22/h2-9,26H,10H2,1H3,(H,23,27). The zero-order chi connectivity index (χ0) is 19.8. The maximum atomic E-state index is 12.6. The van der Waals surface area contributed by atoms with E-state index in [0.717, 1.165) is 21.5 Å². The third kappa shape index (κ3) is 3.58. The maximum absolute atomic E-state index is 12.6. The summed E-state index contributed by atoms with van der Waals surface area (Å²) in [5.41, 5.74) is 2.14. The number of rotatable bonds is 4. The molecule has 8 heteroatoms. The molecule has 0 radical (unpaired) electrons. The molecule has 1 amide bonds. The van der Waals surface area contributed by atoms with Crippen LogP contribution in [0.3, 0.4) is 0 Å². The van der Waals surface area contributed by atoms with Crippen LogP contribution in [0.4, 0.5) is 5.69 Å². The summed E-state index contributed by atoms with van der Waals surface area (Å²) in [4.78, 5) is 14.1. The van der Waals surface area contributed by atoms with Crippen molar-refractivity contribution >= 4 is 56.3 Å². The quantitative estimate of drug-likeness (QED) is 0.434. The minimum atomic E-state index is -0.242. The Morgan fingerprint density at radius 2 is 1.89 bits per heavy atom. The van der Waals surface area contributed by atoms with Gasteiger partial charge in [0.1, 0.15) is 10.6 Å². The SMILES string of the molecule is Cc1nn(Cc2c(Cl)cccc2Cl)c2sc(C(=O)Nc3cccc(O)c3)cc12. The van der Waals surface area contributed by atoms with E-state index in [0.29, 0.717) is 27.2 Å². The number of thiophene rings is 1. The van der Waals surface area contributed by atoms with Crippen molar-refractivity contribution < 1.29 is 9.90 Å². The number of carbonyl (C=O) groups excluding carboxylic acids is 1. The van der Waals surface area contributed by atoms with Gasteiger partial charge in [0.05, 0.1) is 17.1 Å². The lowest BCUT2D eigenvalue weighted by Gasteiger charge is -2.07.